The predicted octanol–water partition coefficient (Wildman–Crippen LogP) is 2.36. The first-order valence-electron chi connectivity index (χ1n) is 5.47. The van der Waals surface area contributed by atoms with Crippen LogP contribution in [-0.4, -0.2) is 25.4 Å². The van der Waals surface area contributed by atoms with Crippen molar-refractivity contribution in [1.29, 1.82) is 0 Å². The maximum absolute atomic E-state index is 9.38. The van der Waals surface area contributed by atoms with Gasteiger partial charge in [-0.3, -0.25) is 0 Å². The molecule has 16 heavy (non-hydrogen) atoms. The van der Waals surface area contributed by atoms with Gasteiger partial charge in [0.2, 0.25) is 0 Å². The van der Waals surface area contributed by atoms with Crippen molar-refractivity contribution in [2.75, 3.05) is 20.3 Å². The van der Waals surface area contributed by atoms with Crippen molar-refractivity contribution in [1.82, 2.24) is 0 Å². The van der Waals surface area contributed by atoms with Crippen molar-refractivity contribution in [3.63, 3.8) is 0 Å². The van der Waals surface area contributed by atoms with Gasteiger partial charge in [0.25, 0.3) is 0 Å². The minimum absolute atomic E-state index is 0.0827. The quantitative estimate of drug-likeness (QED) is 0.834. The van der Waals surface area contributed by atoms with Gasteiger partial charge in [-0.15, -0.1) is 0 Å². The summed E-state index contributed by atoms with van der Waals surface area (Å²) in [6.45, 7) is 6.59. The standard InChI is InChI=1S/C13H20O3/c1-5-16-12-8-10(15-4)6-7-11(12)13(2,3)9-14/h6-8,14H,5,9H2,1-4H3. The summed E-state index contributed by atoms with van der Waals surface area (Å²) in [6, 6.07) is 5.69. The topological polar surface area (TPSA) is 38.7 Å². The van der Waals surface area contributed by atoms with Crippen LogP contribution in [-0.2, 0) is 5.41 Å². The molecule has 0 unspecified atom stereocenters. The van der Waals surface area contributed by atoms with Crippen LogP contribution in [0.25, 0.3) is 0 Å². The molecule has 1 N–H and O–H groups in total. The smallest absolute Gasteiger partial charge is 0.126 e. The molecular weight excluding hydrogens is 204 g/mol. The zero-order valence-electron chi connectivity index (χ0n) is 10.4. The molecule has 3 heteroatoms. The molecule has 0 bridgehead atoms. The largest absolute Gasteiger partial charge is 0.497 e. The van der Waals surface area contributed by atoms with Gasteiger partial charge in [0.1, 0.15) is 11.5 Å². The number of aliphatic hydroxyl groups excluding tert-OH is 1. The number of methoxy groups -OCH3 is 1. The Morgan fingerprint density at radius 2 is 2.00 bits per heavy atom. The molecule has 1 aromatic carbocycles. The van der Waals surface area contributed by atoms with E-state index in [1.807, 2.05) is 39.0 Å². The Morgan fingerprint density at radius 1 is 1.31 bits per heavy atom. The molecule has 0 fully saturated rings. The van der Waals surface area contributed by atoms with E-state index in [0.717, 1.165) is 17.1 Å². The Morgan fingerprint density at radius 3 is 2.50 bits per heavy atom. The van der Waals surface area contributed by atoms with Crippen LogP contribution in [0.15, 0.2) is 18.2 Å². The van der Waals surface area contributed by atoms with Gasteiger partial charge in [-0.05, 0) is 13.0 Å². The maximum Gasteiger partial charge on any atom is 0.126 e. The van der Waals surface area contributed by atoms with Gasteiger partial charge in [-0.1, -0.05) is 19.9 Å². The Bertz CT molecular complexity index is 345. The first-order valence-corrected chi connectivity index (χ1v) is 5.47. The molecule has 0 radical (unpaired) electrons. The first kappa shape index (κ1) is 12.8. The second-order valence-corrected chi connectivity index (χ2v) is 4.34. The van der Waals surface area contributed by atoms with E-state index in [1.54, 1.807) is 7.11 Å². The summed E-state index contributed by atoms with van der Waals surface area (Å²) in [5, 5.41) is 9.38. The molecule has 0 amide bonds. The first-order chi connectivity index (χ1) is 7.55. The number of rotatable bonds is 5. The number of hydrogen-bond acceptors (Lipinski definition) is 3. The minimum Gasteiger partial charge on any atom is -0.497 e. The fraction of sp³-hybridized carbons (Fsp3) is 0.538. The van der Waals surface area contributed by atoms with Gasteiger partial charge in [0.05, 0.1) is 20.3 Å². The third kappa shape index (κ3) is 2.67. The van der Waals surface area contributed by atoms with E-state index in [-0.39, 0.29) is 12.0 Å². The third-order valence-corrected chi connectivity index (χ3v) is 2.61. The van der Waals surface area contributed by atoms with Crippen molar-refractivity contribution in [3.05, 3.63) is 23.8 Å². The Hall–Kier alpha value is -1.22. The highest BCUT2D eigenvalue weighted by Crippen LogP contribution is 2.34. The van der Waals surface area contributed by atoms with Crippen LogP contribution in [0.5, 0.6) is 11.5 Å². The minimum atomic E-state index is -0.309. The highest BCUT2D eigenvalue weighted by atomic mass is 16.5. The Labute approximate surface area is 97.0 Å². The second kappa shape index (κ2) is 5.21. The molecule has 3 nitrogen and oxygen atoms in total. The van der Waals surface area contributed by atoms with E-state index in [1.165, 1.54) is 0 Å². The molecule has 90 valence electrons. The molecule has 0 atom stereocenters. The second-order valence-electron chi connectivity index (χ2n) is 4.34. The molecule has 1 aromatic rings. The number of benzene rings is 1. The molecule has 0 aliphatic heterocycles. The molecule has 0 aliphatic rings. The molecule has 0 aliphatic carbocycles. The summed E-state index contributed by atoms with van der Waals surface area (Å²) in [5.74, 6) is 1.54. The van der Waals surface area contributed by atoms with Crippen LogP contribution in [0.2, 0.25) is 0 Å². The SMILES string of the molecule is CCOc1cc(OC)ccc1C(C)(C)CO. The lowest BCUT2D eigenvalue weighted by atomic mass is 9.85. The number of aliphatic hydroxyl groups is 1. The molecule has 0 heterocycles. The lowest BCUT2D eigenvalue weighted by Crippen LogP contribution is -2.23. The average Bonchev–Trinajstić information content (AvgIpc) is 2.29. The van der Waals surface area contributed by atoms with Crippen molar-refractivity contribution in [2.45, 2.75) is 26.2 Å². The normalized spacial score (nSPS) is 11.3. The van der Waals surface area contributed by atoms with Crippen molar-refractivity contribution in [2.24, 2.45) is 0 Å². The monoisotopic (exact) mass is 224 g/mol. The Kier molecular flexibility index (Phi) is 4.19. The van der Waals surface area contributed by atoms with Crippen LogP contribution >= 0.6 is 0 Å². The van der Waals surface area contributed by atoms with E-state index in [9.17, 15) is 5.11 Å². The van der Waals surface area contributed by atoms with Crippen LogP contribution in [0.3, 0.4) is 0 Å². The summed E-state index contributed by atoms with van der Waals surface area (Å²) in [6.07, 6.45) is 0. The molecule has 0 aromatic heterocycles. The predicted molar refractivity (Wildman–Crippen MR) is 64.3 cm³/mol. The summed E-state index contributed by atoms with van der Waals surface area (Å²) >= 11 is 0. The van der Waals surface area contributed by atoms with Crippen LogP contribution < -0.4 is 9.47 Å². The highest BCUT2D eigenvalue weighted by molar-refractivity contribution is 5.44. The highest BCUT2D eigenvalue weighted by Gasteiger charge is 2.23. The van der Waals surface area contributed by atoms with Gasteiger partial charge < -0.3 is 14.6 Å². The van der Waals surface area contributed by atoms with Gasteiger partial charge in [0, 0.05) is 17.0 Å². The van der Waals surface area contributed by atoms with Crippen LogP contribution in [0, 0.1) is 0 Å². The molecule has 0 spiro atoms. The molecule has 1 rings (SSSR count). The summed E-state index contributed by atoms with van der Waals surface area (Å²) < 4.78 is 10.7. The van der Waals surface area contributed by atoms with Crippen molar-refractivity contribution < 1.29 is 14.6 Å². The van der Waals surface area contributed by atoms with Gasteiger partial charge in [-0.25, -0.2) is 0 Å². The van der Waals surface area contributed by atoms with E-state index < -0.39 is 0 Å². The zero-order valence-corrected chi connectivity index (χ0v) is 10.4. The fourth-order valence-electron chi connectivity index (χ4n) is 1.55. The third-order valence-electron chi connectivity index (χ3n) is 2.61. The van der Waals surface area contributed by atoms with Gasteiger partial charge in [-0.2, -0.15) is 0 Å². The number of hydrogen-bond donors (Lipinski definition) is 1. The molecular formula is C13H20O3. The Balaban J connectivity index is 3.17. The van der Waals surface area contributed by atoms with Crippen molar-refractivity contribution in [3.8, 4) is 11.5 Å². The lowest BCUT2D eigenvalue weighted by molar-refractivity contribution is 0.212. The van der Waals surface area contributed by atoms with E-state index >= 15 is 0 Å². The lowest BCUT2D eigenvalue weighted by Gasteiger charge is -2.25. The van der Waals surface area contributed by atoms with Gasteiger partial charge >= 0.3 is 0 Å². The summed E-state index contributed by atoms with van der Waals surface area (Å²) in [5.41, 5.74) is 0.689. The average molecular weight is 224 g/mol. The van der Waals surface area contributed by atoms with Gasteiger partial charge in [0.15, 0.2) is 0 Å². The number of ether oxygens (including phenoxy) is 2. The summed E-state index contributed by atoms with van der Waals surface area (Å²) in [4.78, 5) is 0. The molecule has 0 saturated heterocycles. The maximum atomic E-state index is 9.38. The van der Waals surface area contributed by atoms with E-state index in [0.29, 0.717) is 6.61 Å². The van der Waals surface area contributed by atoms with Crippen LogP contribution in [0.4, 0.5) is 0 Å². The molecule has 0 saturated carbocycles. The van der Waals surface area contributed by atoms with Crippen LogP contribution in [0.1, 0.15) is 26.3 Å². The summed E-state index contributed by atoms with van der Waals surface area (Å²) in [7, 11) is 1.63. The van der Waals surface area contributed by atoms with E-state index in [4.69, 9.17) is 9.47 Å². The zero-order chi connectivity index (χ0) is 12.2. The van der Waals surface area contributed by atoms with Crippen molar-refractivity contribution >= 4 is 0 Å². The fourth-order valence-corrected chi connectivity index (χ4v) is 1.55. The van der Waals surface area contributed by atoms with E-state index in [2.05, 4.69) is 0 Å².